The van der Waals surface area contributed by atoms with Gasteiger partial charge in [-0.05, 0) is 54.7 Å². The summed E-state index contributed by atoms with van der Waals surface area (Å²) in [5.74, 6) is 1.05. The fourth-order valence-electron chi connectivity index (χ4n) is 4.59. The molecule has 0 spiro atoms. The lowest BCUT2D eigenvalue weighted by Crippen LogP contribution is -2.45. The van der Waals surface area contributed by atoms with E-state index in [-0.39, 0.29) is 29.9 Å². The van der Waals surface area contributed by atoms with Gasteiger partial charge in [0.05, 0.1) is 12.1 Å². The lowest BCUT2D eigenvalue weighted by Gasteiger charge is -2.38. The Morgan fingerprint density at radius 2 is 1.92 bits per heavy atom. The third kappa shape index (κ3) is 7.35. The Balaban J connectivity index is 1.52. The van der Waals surface area contributed by atoms with Gasteiger partial charge in [0.2, 0.25) is 0 Å². The second kappa shape index (κ2) is 12.0. The summed E-state index contributed by atoms with van der Waals surface area (Å²) in [6.45, 7) is 15.9. The van der Waals surface area contributed by atoms with Gasteiger partial charge in [0.25, 0.3) is 5.89 Å². The fraction of sp³-hybridized carbons (Fsp3) is 0.500. The van der Waals surface area contributed by atoms with Crippen LogP contribution < -0.4 is 0 Å². The van der Waals surface area contributed by atoms with Crippen molar-refractivity contribution in [2.45, 2.75) is 71.0 Å². The van der Waals surface area contributed by atoms with Gasteiger partial charge in [-0.15, -0.1) is 0 Å². The Bertz CT molecular complexity index is 1240. The number of aromatic nitrogens is 2. The van der Waals surface area contributed by atoms with Gasteiger partial charge in [-0.3, -0.25) is 4.90 Å². The van der Waals surface area contributed by atoms with Crippen molar-refractivity contribution in [2.24, 2.45) is 0 Å². The molecule has 0 saturated carbocycles. The summed E-state index contributed by atoms with van der Waals surface area (Å²) in [6, 6.07) is 17.5. The van der Waals surface area contributed by atoms with Crippen molar-refractivity contribution >= 4 is 14.4 Å². The molecular weight excluding hydrogens is 508 g/mol. The van der Waals surface area contributed by atoms with Crippen molar-refractivity contribution in [1.82, 2.24) is 19.9 Å². The molecule has 0 unspecified atom stereocenters. The number of rotatable bonds is 9. The van der Waals surface area contributed by atoms with Crippen LogP contribution in [0.2, 0.25) is 18.1 Å². The first kappa shape index (κ1) is 29.0. The molecule has 39 heavy (non-hydrogen) atoms. The summed E-state index contributed by atoms with van der Waals surface area (Å²) in [7, 11) is -0.0568. The molecule has 1 saturated heterocycles. The van der Waals surface area contributed by atoms with Crippen LogP contribution in [0.15, 0.2) is 59.1 Å². The third-order valence-corrected chi connectivity index (χ3v) is 12.5. The van der Waals surface area contributed by atoms with Crippen LogP contribution in [0.4, 0.5) is 4.79 Å². The quantitative estimate of drug-likeness (QED) is 0.283. The molecule has 4 rings (SSSR count). The lowest BCUT2D eigenvalue weighted by atomic mass is 10.0. The second-order valence-electron chi connectivity index (χ2n) is 12.0. The maximum Gasteiger partial charge on any atom is 0.410 e. The Morgan fingerprint density at radius 3 is 2.59 bits per heavy atom. The van der Waals surface area contributed by atoms with E-state index >= 15 is 0 Å². The first-order valence-corrected chi connectivity index (χ1v) is 16.6. The Morgan fingerprint density at radius 1 is 1.18 bits per heavy atom. The smallest absolute Gasteiger partial charge is 0.410 e. The molecule has 9 heteroatoms. The summed E-state index contributed by atoms with van der Waals surface area (Å²) in [5.41, 5.74) is 2.76. The van der Waals surface area contributed by atoms with E-state index in [1.807, 2.05) is 54.6 Å². The van der Waals surface area contributed by atoms with Crippen LogP contribution in [-0.4, -0.2) is 67.1 Å². The van der Waals surface area contributed by atoms with E-state index in [1.54, 1.807) is 18.9 Å². The Kier molecular flexibility index (Phi) is 8.93. The number of likely N-dealkylation sites (N-methyl/N-ethyl adjacent to an activating group) is 1. The number of benzene rings is 2. The lowest BCUT2D eigenvalue weighted by molar-refractivity contribution is 0.0819. The van der Waals surface area contributed by atoms with Gasteiger partial charge >= 0.3 is 6.09 Å². The van der Waals surface area contributed by atoms with Crippen molar-refractivity contribution in [1.29, 1.82) is 0 Å². The molecule has 210 valence electrons. The molecular formula is C30H42N4O4Si. The zero-order valence-corrected chi connectivity index (χ0v) is 25.3. The molecule has 2 aromatic carbocycles. The minimum Gasteiger partial charge on any atom is -0.445 e. The molecule has 0 radical (unpaired) electrons. The van der Waals surface area contributed by atoms with E-state index in [9.17, 15) is 4.79 Å². The maximum absolute atomic E-state index is 13.3. The predicted molar refractivity (Wildman–Crippen MR) is 155 cm³/mol. The Labute approximate surface area is 233 Å². The third-order valence-electron chi connectivity index (χ3n) is 7.93. The molecule has 0 bridgehead atoms. The average molecular weight is 551 g/mol. The molecule has 1 fully saturated rings. The summed E-state index contributed by atoms with van der Waals surface area (Å²) in [5, 5.41) is 4.10. The van der Waals surface area contributed by atoms with Crippen LogP contribution in [0, 0.1) is 6.92 Å². The van der Waals surface area contributed by atoms with Crippen LogP contribution in [0.1, 0.15) is 50.2 Å². The first-order chi connectivity index (χ1) is 18.4. The molecule has 1 aliphatic rings. The molecule has 1 amide bonds. The number of likely N-dealkylation sites (tertiary alicyclic amines) is 1. The molecule has 0 aliphatic carbocycles. The van der Waals surface area contributed by atoms with Crippen LogP contribution in [0.5, 0.6) is 0 Å². The highest BCUT2D eigenvalue weighted by molar-refractivity contribution is 6.74. The van der Waals surface area contributed by atoms with Crippen molar-refractivity contribution in [3.63, 3.8) is 0 Å². The fourth-order valence-corrected chi connectivity index (χ4v) is 5.97. The number of hydrogen-bond donors (Lipinski definition) is 0. The van der Waals surface area contributed by atoms with E-state index in [0.717, 1.165) is 36.2 Å². The SMILES string of the molecule is Cc1noc(-c2cccc([C@@H](CN3CC[C@@H](O[Si](C)(C)C(C)(C)C)C3)N(C)C(=O)OCc3ccccc3)c2)n1. The van der Waals surface area contributed by atoms with E-state index in [1.165, 1.54) is 0 Å². The van der Waals surface area contributed by atoms with Crippen molar-refractivity contribution in [3.05, 3.63) is 71.5 Å². The minimum absolute atomic E-state index is 0.166. The summed E-state index contributed by atoms with van der Waals surface area (Å²) in [4.78, 5) is 21.7. The predicted octanol–water partition coefficient (Wildman–Crippen LogP) is 6.45. The van der Waals surface area contributed by atoms with Crippen molar-refractivity contribution in [3.8, 4) is 11.5 Å². The maximum atomic E-state index is 13.3. The summed E-state index contributed by atoms with van der Waals surface area (Å²) in [6.07, 6.45) is 0.827. The number of nitrogens with zero attached hydrogens (tertiary/aromatic N) is 4. The monoisotopic (exact) mass is 550 g/mol. The van der Waals surface area contributed by atoms with E-state index in [0.29, 0.717) is 18.3 Å². The summed E-state index contributed by atoms with van der Waals surface area (Å²) >= 11 is 0. The van der Waals surface area contributed by atoms with Crippen molar-refractivity contribution < 1.29 is 18.5 Å². The van der Waals surface area contributed by atoms with Crippen LogP contribution in [0.3, 0.4) is 0 Å². The topological polar surface area (TPSA) is 80.9 Å². The molecule has 2 heterocycles. The van der Waals surface area contributed by atoms with Gasteiger partial charge in [-0.1, -0.05) is 68.4 Å². The normalized spacial score (nSPS) is 17.3. The second-order valence-corrected chi connectivity index (χ2v) is 16.7. The standard InChI is InChI=1S/C30H42N4O4Si/c1-22-31-28(37-32-22)25-15-11-14-24(18-25)27(33(5)29(35)36-21-23-12-9-8-10-13-23)20-34-17-16-26(19-34)38-39(6,7)30(2,3)4/h8-15,18,26-27H,16-17,19-21H2,1-7H3/t26-,27-/m1/s1. The number of hydrogen-bond acceptors (Lipinski definition) is 7. The van der Waals surface area contributed by atoms with E-state index < -0.39 is 8.32 Å². The molecule has 3 aromatic rings. The number of carbonyl (C=O) groups is 1. The molecule has 0 N–H and O–H groups in total. The average Bonchev–Trinajstić information content (AvgIpc) is 3.53. The van der Waals surface area contributed by atoms with E-state index in [2.05, 4.69) is 48.9 Å². The molecule has 1 aromatic heterocycles. The van der Waals surface area contributed by atoms with Gasteiger partial charge in [0.1, 0.15) is 6.61 Å². The number of aryl methyl sites for hydroxylation is 1. The summed E-state index contributed by atoms with van der Waals surface area (Å²) < 4.78 is 17.8. The number of ether oxygens (including phenoxy) is 1. The highest BCUT2D eigenvalue weighted by Gasteiger charge is 2.41. The zero-order valence-electron chi connectivity index (χ0n) is 24.3. The highest BCUT2D eigenvalue weighted by atomic mass is 28.4. The number of carbonyl (C=O) groups excluding carboxylic acids is 1. The minimum atomic E-state index is -1.86. The van der Waals surface area contributed by atoms with Crippen molar-refractivity contribution in [2.75, 3.05) is 26.7 Å². The molecule has 2 atom stereocenters. The van der Waals surface area contributed by atoms with Crippen LogP contribution >= 0.6 is 0 Å². The van der Waals surface area contributed by atoms with Crippen LogP contribution in [-0.2, 0) is 15.8 Å². The van der Waals surface area contributed by atoms with Gasteiger partial charge in [0.15, 0.2) is 14.1 Å². The van der Waals surface area contributed by atoms with Gasteiger partial charge in [0, 0.05) is 32.2 Å². The van der Waals surface area contributed by atoms with Gasteiger partial charge in [-0.2, -0.15) is 4.98 Å². The molecule has 1 aliphatic heterocycles. The van der Waals surface area contributed by atoms with Gasteiger partial charge < -0.3 is 18.6 Å². The van der Waals surface area contributed by atoms with Crippen LogP contribution in [0.25, 0.3) is 11.5 Å². The van der Waals surface area contributed by atoms with Gasteiger partial charge in [-0.25, -0.2) is 4.79 Å². The zero-order chi connectivity index (χ0) is 28.2. The Hall–Kier alpha value is -3.01. The number of amides is 1. The van der Waals surface area contributed by atoms with E-state index in [4.69, 9.17) is 13.7 Å². The molecule has 8 nitrogen and oxygen atoms in total. The first-order valence-electron chi connectivity index (χ1n) is 13.7. The highest BCUT2D eigenvalue weighted by Crippen LogP contribution is 2.38. The largest absolute Gasteiger partial charge is 0.445 e.